The zero-order chi connectivity index (χ0) is 24.2. The molecule has 0 heterocycles. The molecule has 3 rings (SSSR count). The average molecular weight is 490 g/mol. The molecule has 1 fully saturated rings. The molecule has 5 nitrogen and oxygen atoms in total. The predicted molar refractivity (Wildman–Crippen MR) is 130 cm³/mol. The molecule has 2 aromatic carbocycles. The van der Waals surface area contributed by atoms with Crippen LogP contribution in [0.5, 0.6) is 0 Å². The number of ether oxygens (including phenoxy) is 1. The summed E-state index contributed by atoms with van der Waals surface area (Å²) in [6.45, 7) is 5.75. The first-order valence-electron chi connectivity index (χ1n) is 10.9. The maximum Gasteiger partial charge on any atom is 0.331 e. The Kier molecular flexibility index (Phi) is 8.22. The van der Waals surface area contributed by atoms with Gasteiger partial charge in [-0.3, -0.25) is 4.79 Å². The van der Waals surface area contributed by atoms with Gasteiger partial charge in [-0.15, -0.1) is 0 Å². The third-order valence-electron chi connectivity index (χ3n) is 5.24. The van der Waals surface area contributed by atoms with Gasteiger partial charge >= 0.3 is 5.97 Å². The van der Waals surface area contributed by atoms with E-state index in [2.05, 4.69) is 0 Å². The van der Waals surface area contributed by atoms with Gasteiger partial charge in [0.2, 0.25) is 5.91 Å². The molecule has 0 spiro atoms. The molecule has 0 aromatic heterocycles. The molecule has 7 heteroatoms. The van der Waals surface area contributed by atoms with Crippen LogP contribution >= 0.6 is 23.2 Å². The molecular weight excluding hydrogens is 461 g/mol. The highest BCUT2D eigenvalue weighted by Crippen LogP contribution is 2.39. The minimum atomic E-state index is -1.04. The molecule has 2 atom stereocenters. The van der Waals surface area contributed by atoms with E-state index in [-0.39, 0.29) is 5.91 Å². The van der Waals surface area contributed by atoms with Crippen LogP contribution in [-0.2, 0) is 14.3 Å². The Hall–Kier alpha value is -2.34. The highest BCUT2D eigenvalue weighted by molar-refractivity contribution is 6.30. The van der Waals surface area contributed by atoms with E-state index in [1.165, 1.54) is 6.08 Å². The number of rotatable bonds is 8. The Balaban J connectivity index is 1.96. The standard InChI is InChI=1S/C26H29Cl2NO4/c1-26(2,3)33-23(31)14-13-22(30)29(16-17-7-8-17)24(18-9-11-20(27)12-10-18)25(32)19-5-4-6-21(28)15-19/h4-6,9-15,17,24-25,32H,7-8,16H2,1-3H3/t24-,25+/m1/s1. The maximum atomic E-state index is 13.3. The summed E-state index contributed by atoms with van der Waals surface area (Å²) in [6.07, 6.45) is 3.34. The largest absolute Gasteiger partial charge is 0.457 e. The number of aliphatic hydroxyl groups is 1. The summed E-state index contributed by atoms with van der Waals surface area (Å²) in [5.74, 6) is -0.625. The number of benzene rings is 2. The summed E-state index contributed by atoms with van der Waals surface area (Å²) >= 11 is 12.2. The van der Waals surface area contributed by atoms with Crippen LogP contribution in [0, 0.1) is 5.92 Å². The highest BCUT2D eigenvalue weighted by Gasteiger charge is 2.35. The molecule has 1 aliphatic carbocycles. The molecule has 0 bridgehead atoms. The lowest BCUT2D eigenvalue weighted by atomic mass is 9.93. The van der Waals surface area contributed by atoms with Crippen molar-refractivity contribution in [1.29, 1.82) is 0 Å². The van der Waals surface area contributed by atoms with Gasteiger partial charge in [-0.05, 0) is 74.9 Å². The first kappa shape index (κ1) is 25.3. The van der Waals surface area contributed by atoms with Crippen molar-refractivity contribution in [3.8, 4) is 0 Å². The summed E-state index contributed by atoms with van der Waals surface area (Å²) in [7, 11) is 0. The first-order valence-corrected chi connectivity index (χ1v) is 11.7. The van der Waals surface area contributed by atoms with E-state index in [1.807, 2.05) is 0 Å². The van der Waals surface area contributed by atoms with Gasteiger partial charge in [0, 0.05) is 28.7 Å². The van der Waals surface area contributed by atoms with Crippen molar-refractivity contribution < 1.29 is 19.4 Å². The molecule has 0 aliphatic heterocycles. The molecule has 0 unspecified atom stereocenters. The fourth-order valence-electron chi connectivity index (χ4n) is 3.56. The number of carbonyl (C=O) groups excluding carboxylic acids is 2. The van der Waals surface area contributed by atoms with Crippen LogP contribution < -0.4 is 0 Å². The second kappa shape index (κ2) is 10.7. The number of hydrogen-bond donors (Lipinski definition) is 1. The van der Waals surface area contributed by atoms with Crippen molar-refractivity contribution in [2.75, 3.05) is 6.54 Å². The Labute approximate surface area is 204 Å². The lowest BCUT2D eigenvalue weighted by molar-refractivity contribution is -0.148. The number of nitrogens with zero attached hydrogens (tertiary/aromatic N) is 1. The van der Waals surface area contributed by atoms with Crippen LogP contribution in [0.25, 0.3) is 0 Å². The van der Waals surface area contributed by atoms with Gasteiger partial charge in [-0.25, -0.2) is 4.79 Å². The van der Waals surface area contributed by atoms with E-state index in [0.717, 1.165) is 24.5 Å². The van der Waals surface area contributed by atoms with Crippen LogP contribution in [0.3, 0.4) is 0 Å². The van der Waals surface area contributed by atoms with Gasteiger partial charge < -0.3 is 14.7 Å². The van der Waals surface area contributed by atoms with Gasteiger partial charge in [0.25, 0.3) is 0 Å². The molecule has 0 saturated heterocycles. The van der Waals surface area contributed by atoms with Crippen molar-refractivity contribution in [3.05, 3.63) is 81.9 Å². The van der Waals surface area contributed by atoms with E-state index in [1.54, 1.807) is 74.2 Å². The van der Waals surface area contributed by atoms with Crippen LogP contribution in [0.4, 0.5) is 0 Å². The molecule has 33 heavy (non-hydrogen) atoms. The van der Waals surface area contributed by atoms with Crippen LogP contribution in [-0.4, -0.2) is 34.0 Å². The Bertz CT molecular complexity index is 1010. The Morgan fingerprint density at radius 3 is 2.30 bits per heavy atom. The zero-order valence-corrected chi connectivity index (χ0v) is 20.5. The molecule has 1 saturated carbocycles. The molecule has 1 N–H and O–H groups in total. The van der Waals surface area contributed by atoms with Gasteiger partial charge in [0.15, 0.2) is 0 Å². The van der Waals surface area contributed by atoms with Crippen LogP contribution in [0.2, 0.25) is 10.0 Å². The topological polar surface area (TPSA) is 66.8 Å². The van der Waals surface area contributed by atoms with Crippen molar-refractivity contribution in [2.24, 2.45) is 5.92 Å². The molecule has 2 aromatic rings. The van der Waals surface area contributed by atoms with E-state index in [0.29, 0.717) is 28.1 Å². The van der Waals surface area contributed by atoms with E-state index in [9.17, 15) is 14.7 Å². The fourth-order valence-corrected chi connectivity index (χ4v) is 3.88. The summed E-state index contributed by atoms with van der Waals surface area (Å²) in [5, 5.41) is 12.5. The Morgan fingerprint density at radius 1 is 1.06 bits per heavy atom. The first-order chi connectivity index (χ1) is 15.5. The SMILES string of the molecule is CC(C)(C)OC(=O)C=CC(=O)N(CC1CC1)[C@H](c1ccc(Cl)cc1)[C@@H](O)c1cccc(Cl)c1. The molecule has 1 amide bonds. The number of carbonyl (C=O) groups is 2. The normalized spacial score (nSPS) is 15.8. The predicted octanol–water partition coefficient (Wildman–Crippen LogP) is 5.90. The van der Waals surface area contributed by atoms with Crippen molar-refractivity contribution in [2.45, 2.75) is 51.4 Å². The quantitative estimate of drug-likeness (QED) is 0.369. The zero-order valence-electron chi connectivity index (χ0n) is 19.0. The average Bonchev–Trinajstić information content (AvgIpc) is 3.55. The third-order valence-corrected chi connectivity index (χ3v) is 5.73. The number of aliphatic hydroxyl groups excluding tert-OH is 1. The molecule has 1 aliphatic rings. The second-order valence-electron chi connectivity index (χ2n) is 9.30. The lowest BCUT2D eigenvalue weighted by Crippen LogP contribution is -2.38. The van der Waals surface area contributed by atoms with Crippen molar-refractivity contribution in [1.82, 2.24) is 4.90 Å². The molecular formula is C26H29Cl2NO4. The second-order valence-corrected chi connectivity index (χ2v) is 10.2. The lowest BCUT2D eigenvalue weighted by Gasteiger charge is -2.35. The van der Waals surface area contributed by atoms with Crippen LogP contribution in [0.1, 0.15) is 56.9 Å². The molecule has 0 radical (unpaired) electrons. The highest BCUT2D eigenvalue weighted by atomic mass is 35.5. The molecule has 176 valence electrons. The van der Waals surface area contributed by atoms with Gasteiger partial charge in [-0.2, -0.15) is 0 Å². The smallest absolute Gasteiger partial charge is 0.331 e. The van der Waals surface area contributed by atoms with E-state index < -0.39 is 23.7 Å². The number of amides is 1. The minimum absolute atomic E-state index is 0.352. The Morgan fingerprint density at radius 2 is 1.73 bits per heavy atom. The van der Waals surface area contributed by atoms with Crippen molar-refractivity contribution >= 4 is 35.1 Å². The van der Waals surface area contributed by atoms with Gasteiger partial charge in [0.1, 0.15) is 11.7 Å². The minimum Gasteiger partial charge on any atom is -0.457 e. The van der Waals surface area contributed by atoms with Gasteiger partial charge in [0.05, 0.1) is 6.04 Å². The number of esters is 1. The van der Waals surface area contributed by atoms with E-state index >= 15 is 0 Å². The van der Waals surface area contributed by atoms with Gasteiger partial charge in [-0.1, -0.05) is 47.5 Å². The monoisotopic (exact) mass is 489 g/mol. The number of hydrogen-bond acceptors (Lipinski definition) is 4. The summed E-state index contributed by atoms with van der Waals surface area (Å²) < 4.78 is 5.27. The van der Waals surface area contributed by atoms with E-state index in [4.69, 9.17) is 27.9 Å². The maximum absolute atomic E-state index is 13.3. The fraction of sp³-hybridized carbons (Fsp3) is 0.385. The van der Waals surface area contributed by atoms with Crippen LogP contribution in [0.15, 0.2) is 60.7 Å². The third kappa shape index (κ3) is 7.60. The summed E-state index contributed by atoms with van der Waals surface area (Å²) in [5.41, 5.74) is 0.658. The number of halogens is 2. The van der Waals surface area contributed by atoms with Crippen molar-refractivity contribution in [3.63, 3.8) is 0 Å². The summed E-state index contributed by atoms with van der Waals surface area (Å²) in [6, 6.07) is 13.3. The summed E-state index contributed by atoms with van der Waals surface area (Å²) in [4.78, 5) is 27.1.